The summed E-state index contributed by atoms with van der Waals surface area (Å²) in [5.41, 5.74) is 7.83. The van der Waals surface area contributed by atoms with Crippen LogP contribution in [0, 0.1) is 10.1 Å². The number of anilines is 2. The Morgan fingerprint density at radius 2 is 2.21 bits per heavy atom. The van der Waals surface area contributed by atoms with Gasteiger partial charge in [0.15, 0.2) is 0 Å². The third kappa shape index (κ3) is 3.24. The number of benzene rings is 1. The maximum absolute atomic E-state index is 10.7. The number of hydrogen-bond donors (Lipinski definition) is 1. The fraction of sp³-hybridized carbons (Fsp3) is 0.167. The normalized spacial score (nSPS) is 10.4. The van der Waals surface area contributed by atoms with Crippen LogP contribution in [-0.2, 0) is 6.54 Å². The van der Waals surface area contributed by atoms with Crippen molar-refractivity contribution in [2.24, 2.45) is 0 Å². The topological polar surface area (TPSA) is 72.4 Å². The first-order chi connectivity index (χ1) is 8.97. The molecule has 2 rings (SSSR count). The summed E-state index contributed by atoms with van der Waals surface area (Å²) in [4.78, 5) is 12.2. The molecule has 0 amide bonds. The van der Waals surface area contributed by atoms with E-state index in [1.807, 2.05) is 11.9 Å². The molecule has 0 fully saturated rings. The van der Waals surface area contributed by atoms with E-state index < -0.39 is 4.92 Å². The summed E-state index contributed by atoms with van der Waals surface area (Å²) in [5, 5.41) is 12.8. The first-order valence-corrected chi connectivity index (χ1v) is 7.12. The van der Waals surface area contributed by atoms with E-state index in [9.17, 15) is 10.1 Å². The van der Waals surface area contributed by atoms with Gasteiger partial charge in [0.2, 0.25) is 0 Å². The van der Waals surface area contributed by atoms with Crippen LogP contribution in [-0.4, -0.2) is 12.0 Å². The van der Waals surface area contributed by atoms with Crippen molar-refractivity contribution in [2.45, 2.75) is 6.54 Å². The average molecular weight is 342 g/mol. The van der Waals surface area contributed by atoms with Crippen LogP contribution in [0.4, 0.5) is 17.1 Å². The standard InChI is InChI=1S/C12H12BrN3O2S/c1-15(6-8-4-12(13)19-7-8)9-2-3-11(16(17)18)10(14)5-9/h2-5,7H,6,14H2,1H3. The molecule has 1 aromatic heterocycles. The maximum atomic E-state index is 10.7. The minimum atomic E-state index is -0.477. The number of nitro groups is 1. The summed E-state index contributed by atoms with van der Waals surface area (Å²) in [6.45, 7) is 0.722. The highest BCUT2D eigenvalue weighted by Crippen LogP contribution is 2.28. The van der Waals surface area contributed by atoms with Crippen LogP contribution in [0.1, 0.15) is 5.56 Å². The smallest absolute Gasteiger partial charge is 0.292 e. The SMILES string of the molecule is CN(Cc1csc(Br)c1)c1ccc([N+](=O)[O-])c(N)c1. The van der Waals surface area contributed by atoms with Crippen LogP contribution in [0.3, 0.4) is 0 Å². The van der Waals surface area contributed by atoms with Gasteiger partial charge < -0.3 is 10.6 Å². The van der Waals surface area contributed by atoms with Crippen LogP contribution in [0.15, 0.2) is 33.4 Å². The third-order valence-electron chi connectivity index (χ3n) is 2.69. The first-order valence-electron chi connectivity index (χ1n) is 5.45. The van der Waals surface area contributed by atoms with E-state index in [1.54, 1.807) is 23.5 Å². The molecule has 2 N–H and O–H groups in total. The number of nitro benzene ring substituents is 1. The molecule has 0 spiro atoms. The van der Waals surface area contributed by atoms with E-state index in [2.05, 4.69) is 27.4 Å². The second-order valence-electron chi connectivity index (χ2n) is 4.12. The largest absolute Gasteiger partial charge is 0.393 e. The van der Waals surface area contributed by atoms with Crippen LogP contribution in [0.25, 0.3) is 0 Å². The van der Waals surface area contributed by atoms with Crippen LogP contribution < -0.4 is 10.6 Å². The lowest BCUT2D eigenvalue weighted by Crippen LogP contribution is -2.16. The fourth-order valence-electron chi connectivity index (χ4n) is 1.74. The molecule has 0 aliphatic heterocycles. The van der Waals surface area contributed by atoms with E-state index in [-0.39, 0.29) is 11.4 Å². The van der Waals surface area contributed by atoms with Crippen LogP contribution >= 0.6 is 27.3 Å². The summed E-state index contributed by atoms with van der Waals surface area (Å²) in [6.07, 6.45) is 0. The van der Waals surface area contributed by atoms with E-state index in [4.69, 9.17) is 5.73 Å². The first kappa shape index (κ1) is 13.8. The predicted octanol–water partition coefficient (Wildman–Crippen LogP) is 3.64. The number of nitrogen functional groups attached to an aromatic ring is 1. The van der Waals surface area contributed by atoms with Gasteiger partial charge in [-0.2, -0.15) is 0 Å². The number of halogens is 1. The molecule has 1 aromatic carbocycles. The minimum Gasteiger partial charge on any atom is -0.393 e. The van der Waals surface area contributed by atoms with Crippen molar-refractivity contribution in [3.05, 3.63) is 49.1 Å². The van der Waals surface area contributed by atoms with Crippen molar-refractivity contribution in [3.63, 3.8) is 0 Å². The highest BCUT2D eigenvalue weighted by atomic mass is 79.9. The summed E-state index contributed by atoms with van der Waals surface area (Å²) in [5.74, 6) is 0. The molecule has 0 saturated carbocycles. The number of thiophene rings is 1. The van der Waals surface area contributed by atoms with Crippen LogP contribution in [0.2, 0.25) is 0 Å². The summed E-state index contributed by atoms with van der Waals surface area (Å²) < 4.78 is 1.08. The molecule has 7 heteroatoms. The highest BCUT2D eigenvalue weighted by molar-refractivity contribution is 9.11. The number of hydrogen-bond acceptors (Lipinski definition) is 5. The Labute approximate surface area is 122 Å². The van der Waals surface area contributed by atoms with Gasteiger partial charge >= 0.3 is 0 Å². The molecule has 19 heavy (non-hydrogen) atoms. The molecule has 0 bridgehead atoms. The van der Waals surface area contributed by atoms with Gasteiger partial charge in [-0.1, -0.05) is 0 Å². The van der Waals surface area contributed by atoms with E-state index in [1.165, 1.54) is 11.6 Å². The van der Waals surface area contributed by atoms with Gasteiger partial charge in [-0.15, -0.1) is 11.3 Å². The zero-order valence-electron chi connectivity index (χ0n) is 10.2. The van der Waals surface area contributed by atoms with Gasteiger partial charge in [0.25, 0.3) is 5.69 Å². The monoisotopic (exact) mass is 341 g/mol. The molecule has 0 radical (unpaired) electrons. The molecular formula is C12H12BrN3O2S. The molecule has 2 aromatic rings. The number of nitrogens with zero attached hydrogens (tertiary/aromatic N) is 2. The maximum Gasteiger partial charge on any atom is 0.292 e. The Morgan fingerprint density at radius 1 is 1.47 bits per heavy atom. The Balaban J connectivity index is 2.17. The van der Waals surface area contributed by atoms with E-state index in [0.29, 0.717) is 0 Å². The van der Waals surface area contributed by atoms with Gasteiger partial charge in [-0.25, -0.2) is 0 Å². The molecule has 0 aliphatic rings. The Bertz CT molecular complexity index is 615. The average Bonchev–Trinajstić information content (AvgIpc) is 2.74. The minimum absolute atomic E-state index is 0.0598. The van der Waals surface area contributed by atoms with Gasteiger partial charge in [-0.05, 0) is 45.1 Å². The van der Waals surface area contributed by atoms with Crippen LogP contribution in [0.5, 0.6) is 0 Å². The summed E-state index contributed by atoms with van der Waals surface area (Å²) in [7, 11) is 1.92. The van der Waals surface area contributed by atoms with Crippen molar-refractivity contribution < 1.29 is 4.92 Å². The quantitative estimate of drug-likeness (QED) is 0.523. The van der Waals surface area contributed by atoms with Gasteiger partial charge in [0.1, 0.15) is 5.69 Å². The summed E-state index contributed by atoms with van der Waals surface area (Å²) in [6, 6.07) is 6.82. The van der Waals surface area contributed by atoms with Gasteiger partial charge in [0, 0.05) is 25.3 Å². The second kappa shape index (κ2) is 5.58. The Hall–Kier alpha value is -1.60. The lowest BCUT2D eigenvalue weighted by molar-refractivity contribution is -0.383. The van der Waals surface area contributed by atoms with E-state index >= 15 is 0 Å². The van der Waals surface area contributed by atoms with Crippen molar-refractivity contribution in [2.75, 3.05) is 17.7 Å². The predicted molar refractivity (Wildman–Crippen MR) is 81.6 cm³/mol. The second-order valence-corrected chi connectivity index (χ2v) is 6.41. The zero-order valence-corrected chi connectivity index (χ0v) is 12.6. The highest BCUT2D eigenvalue weighted by Gasteiger charge is 2.13. The van der Waals surface area contributed by atoms with Crippen molar-refractivity contribution >= 4 is 44.3 Å². The Morgan fingerprint density at radius 3 is 2.74 bits per heavy atom. The Kier molecular flexibility index (Phi) is 4.06. The molecular weight excluding hydrogens is 330 g/mol. The number of rotatable bonds is 4. The van der Waals surface area contributed by atoms with E-state index in [0.717, 1.165) is 16.0 Å². The van der Waals surface area contributed by atoms with Crippen molar-refractivity contribution in [1.82, 2.24) is 0 Å². The molecule has 0 atom stereocenters. The zero-order chi connectivity index (χ0) is 14.0. The molecule has 5 nitrogen and oxygen atoms in total. The van der Waals surface area contributed by atoms with Crippen molar-refractivity contribution in [1.29, 1.82) is 0 Å². The molecule has 0 saturated heterocycles. The molecule has 1 heterocycles. The lowest BCUT2D eigenvalue weighted by Gasteiger charge is -2.18. The lowest BCUT2D eigenvalue weighted by atomic mass is 10.2. The third-order valence-corrected chi connectivity index (χ3v) is 4.24. The number of nitrogens with two attached hydrogens (primary N) is 1. The fourth-order valence-corrected chi connectivity index (χ4v) is 2.94. The van der Waals surface area contributed by atoms with Gasteiger partial charge in [0.05, 0.1) is 8.71 Å². The molecule has 0 aliphatic carbocycles. The van der Waals surface area contributed by atoms with Crippen molar-refractivity contribution in [3.8, 4) is 0 Å². The van der Waals surface area contributed by atoms with Gasteiger partial charge in [-0.3, -0.25) is 10.1 Å². The molecule has 100 valence electrons. The molecule has 0 unspecified atom stereocenters. The summed E-state index contributed by atoms with van der Waals surface area (Å²) >= 11 is 5.05.